The summed E-state index contributed by atoms with van der Waals surface area (Å²) in [6.45, 7) is 4.73. The number of carbonyl (C=O) groups is 1. The van der Waals surface area contributed by atoms with Gasteiger partial charge in [-0.2, -0.15) is 13.2 Å². The fourth-order valence-electron chi connectivity index (χ4n) is 3.84. The van der Waals surface area contributed by atoms with Gasteiger partial charge in [-0.25, -0.2) is 9.97 Å². The van der Waals surface area contributed by atoms with Crippen molar-refractivity contribution < 1.29 is 18.0 Å². The maximum absolute atomic E-state index is 12.8. The van der Waals surface area contributed by atoms with Gasteiger partial charge < -0.3 is 15.5 Å². The van der Waals surface area contributed by atoms with E-state index in [9.17, 15) is 18.0 Å². The Kier molecular flexibility index (Phi) is 4.72. The minimum Gasteiger partial charge on any atom is -0.355 e. The van der Waals surface area contributed by atoms with E-state index in [2.05, 4.69) is 25.5 Å². The second-order valence-corrected chi connectivity index (χ2v) is 7.00. The molecule has 0 unspecified atom stereocenters. The second kappa shape index (κ2) is 6.53. The van der Waals surface area contributed by atoms with Crippen molar-refractivity contribution in [1.29, 1.82) is 0 Å². The summed E-state index contributed by atoms with van der Waals surface area (Å²) in [7, 11) is 1.99. The van der Waals surface area contributed by atoms with Gasteiger partial charge in [-0.05, 0) is 20.0 Å². The van der Waals surface area contributed by atoms with Crippen LogP contribution in [0.4, 0.5) is 13.2 Å². The highest BCUT2D eigenvalue weighted by Gasteiger charge is 2.53. The van der Waals surface area contributed by atoms with Crippen LogP contribution in [0.2, 0.25) is 0 Å². The first-order valence-electron chi connectivity index (χ1n) is 8.30. The zero-order valence-electron chi connectivity index (χ0n) is 14.3. The number of fused-ring (bicyclic) bond motifs is 1. The molecule has 9 heteroatoms. The Labute approximate surface area is 144 Å². The first-order chi connectivity index (χ1) is 11.7. The first kappa shape index (κ1) is 18.1. The van der Waals surface area contributed by atoms with E-state index in [1.807, 2.05) is 7.05 Å². The lowest BCUT2D eigenvalue weighted by Crippen LogP contribution is -2.47. The lowest BCUT2D eigenvalue weighted by atomic mass is 9.80. The van der Waals surface area contributed by atoms with E-state index >= 15 is 0 Å². The van der Waals surface area contributed by atoms with Crippen LogP contribution in [0.15, 0.2) is 6.07 Å². The quantitative estimate of drug-likeness (QED) is 0.827. The van der Waals surface area contributed by atoms with E-state index in [1.165, 1.54) is 6.92 Å². The number of amides is 1. The highest BCUT2D eigenvalue weighted by atomic mass is 19.4. The van der Waals surface area contributed by atoms with Gasteiger partial charge in [0, 0.05) is 50.8 Å². The maximum atomic E-state index is 12.8. The maximum Gasteiger partial charge on any atom is 0.433 e. The van der Waals surface area contributed by atoms with Crippen molar-refractivity contribution in [3.05, 3.63) is 23.3 Å². The molecule has 1 aromatic heterocycles. The number of aryl methyl sites for hydroxylation is 1. The number of nitrogens with one attached hydrogen (secondary N) is 2. The summed E-state index contributed by atoms with van der Waals surface area (Å²) in [6, 6.07) is 0.921. The third kappa shape index (κ3) is 3.62. The molecule has 0 radical (unpaired) electrons. The van der Waals surface area contributed by atoms with Gasteiger partial charge in [0.1, 0.15) is 11.5 Å². The lowest BCUT2D eigenvalue weighted by molar-refractivity contribution is -0.141. The number of halogens is 3. The number of hydrogen-bond donors (Lipinski definition) is 2. The van der Waals surface area contributed by atoms with E-state index in [0.29, 0.717) is 13.1 Å². The Balaban J connectivity index is 1.62. The monoisotopic (exact) mass is 357 g/mol. The molecule has 2 N–H and O–H groups in total. The van der Waals surface area contributed by atoms with Crippen LogP contribution in [0.1, 0.15) is 17.2 Å². The number of alkyl halides is 3. The molecule has 0 aliphatic carbocycles. The normalized spacial score (nSPS) is 26.7. The van der Waals surface area contributed by atoms with Gasteiger partial charge in [-0.1, -0.05) is 0 Å². The summed E-state index contributed by atoms with van der Waals surface area (Å²) in [5, 5.41) is 6.14. The van der Waals surface area contributed by atoms with E-state index in [0.717, 1.165) is 19.2 Å². The van der Waals surface area contributed by atoms with Gasteiger partial charge in [0.05, 0.1) is 5.41 Å². The summed E-state index contributed by atoms with van der Waals surface area (Å²) >= 11 is 0. The smallest absolute Gasteiger partial charge is 0.355 e. The molecular weight excluding hydrogens is 335 g/mol. The third-order valence-corrected chi connectivity index (χ3v) is 4.97. The van der Waals surface area contributed by atoms with Gasteiger partial charge in [-0.3, -0.25) is 4.79 Å². The summed E-state index contributed by atoms with van der Waals surface area (Å²) in [6.07, 6.45) is -4.33. The number of likely N-dealkylation sites (tertiary alicyclic amines) is 1. The molecular formula is C16H22F3N5O. The van der Waals surface area contributed by atoms with Crippen molar-refractivity contribution in [1.82, 2.24) is 25.5 Å². The molecule has 1 amide bonds. The van der Waals surface area contributed by atoms with Crippen LogP contribution < -0.4 is 10.6 Å². The van der Waals surface area contributed by atoms with Crippen molar-refractivity contribution in [3.8, 4) is 0 Å². The molecule has 2 fully saturated rings. The highest BCUT2D eigenvalue weighted by Crippen LogP contribution is 2.38. The number of carbonyl (C=O) groups excluding carboxylic acids is 1. The SMILES string of the molecule is Cc1cc(C(F)(F)F)nc(CCNC(=O)[C@]23CNC[C@H]2CN(C)C3)n1. The van der Waals surface area contributed by atoms with Crippen LogP contribution in [-0.4, -0.2) is 60.5 Å². The molecule has 2 aliphatic heterocycles. The van der Waals surface area contributed by atoms with Crippen molar-refractivity contribution in [3.63, 3.8) is 0 Å². The van der Waals surface area contributed by atoms with Crippen molar-refractivity contribution in [2.75, 3.05) is 39.8 Å². The van der Waals surface area contributed by atoms with Crippen LogP contribution in [0, 0.1) is 18.3 Å². The van der Waals surface area contributed by atoms with E-state index < -0.39 is 17.3 Å². The number of nitrogens with zero attached hydrogens (tertiary/aromatic N) is 3. The molecule has 3 rings (SSSR count). The first-order valence-corrected chi connectivity index (χ1v) is 8.30. The van der Waals surface area contributed by atoms with E-state index in [4.69, 9.17) is 0 Å². The Morgan fingerprint density at radius 2 is 2.24 bits per heavy atom. The molecule has 138 valence electrons. The molecule has 6 nitrogen and oxygen atoms in total. The standard InChI is InChI=1S/C16H22F3N5O/c1-10-5-12(16(17,18)19)23-13(22-10)3-4-21-14(25)15-8-20-6-11(15)7-24(2)9-15/h5,11,20H,3-4,6-9H2,1-2H3,(H,21,25)/t11-,15-/m0/s1. The van der Waals surface area contributed by atoms with Gasteiger partial charge in [-0.15, -0.1) is 0 Å². The summed E-state index contributed by atoms with van der Waals surface area (Å²) in [5.41, 5.74) is -1.13. The van der Waals surface area contributed by atoms with Gasteiger partial charge in [0.25, 0.3) is 0 Å². The van der Waals surface area contributed by atoms with Crippen molar-refractivity contribution >= 4 is 5.91 Å². The number of aromatic nitrogens is 2. The molecule has 0 spiro atoms. The molecule has 0 bridgehead atoms. The number of hydrogen-bond acceptors (Lipinski definition) is 5. The van der Waals surface area contributed by atoms with Crippen molar-refractivity contribution in [2.24, 2.45) is 11.3 Å². The topological polar surface area (TPSA) is 70.2 Å². The largest absolute Gasteiger partial charge is 0.433 e. The molecule has 2 saturated heterocycles. The predicted octanol–water partition coefficient (Wildman–Crippen LogP) is 0.614. The Morgan fingerprint density at radius 3 is 2.96 bits per heavy atom. The zero-order chi connectivity index (χ0) is 18.2. The van der Waals surface area contributed by atoms with Crippen molar-refractivity contribution in [2.45, 2.75) is 19.5 Å². The fraction of sp³-hybridized carbons (Fsp3) is 0.688. The van der Waals surface area contributed by atoms with Crippen LogP contribution in [0.3, 0.4) is 0 Å². The second-order valence-electron chi connectivity index (χ2n) is 7.00. The Hall–Kier alpha value is -1.74. The number of rotatable bonds is 4. The minimum absolute atomic E-state index is 0.0458. The van der Waals surface area contributed by atoms with E-state index in [1.54, 1.807) is 0 Å². The van der Waals surface area contributed by atoms with E-state index in [-0.39, 0.29) is 36.3 Å². The molecule has 2 atom stereocenters. The zero-order valence-corrected chi connectivity index (χ0v) is 14.3. The molecule has 0 aromatic carbocycles. The molecule has 1 aromatic rings. The Morgan fingerprint density at radius 1 is 1.48 bits per heavy atom. The fourth-order valence-corrected chi connectivity index (χ4v) is 3.84. The highest BCUT2D eigenvalue weighted by molar-refractivity contribution is 5.84. The van der Waals surface area contributed by atoms with Crippen LogP contribution in [-0.2, 0) is 17.4 Å². The summed E-state index contributed by atoms with van der Waals surface area (Å²) in [4.78, 5) is 22.4. The summed E-state index contributed by atoms with van der Waals surface area (Å²) < 4.78 is 38.4. The third-order valence-electron chi connectivity index (χ3n) is 4.97. The summed E-state index contributed by atoms with van der Waals surface area (Å²) in [5.74, 6) is 0.315. The predicted molar refractivity (Wildman–Crippen MR) is 84.8 cm³/mol. The average molecular weight is 357 g/mol. The lowest BCUT2D eigenvalue weighted by Gasteiger charge is -2.26. The molecule has 0 saturated carbocycles. The van der Waals surface area contributed by atoms with Gasteiger partial charge in [0.2, 0.25) is 5.91 Å². The Bertz CT molecular complexity index is 666. The average Bonchev–Trinajstić information content (AvgIpc) is 3.02. The molecule has 2 aliphatic rings. The van der Waals surface area contributed by atoms with Crippen LogP contribution in [0.5, 0.6) is 0 Å². The minimum atomic E-state index is -4.50. The molecule has 25 heavy (non-hydrogen) atoms. The van der Waals surface area contributed by atoms with Crippen LogP contribution in [0.25, 0.3) is 0 Å². The molecule has 3 heterocycles. The van der Waals surface area contributed by atoms with Crippen LogP contribution >= 0.6 is 0 Å². The van der Waals surface area contributed by atoms with Gasteiger partial charge >= 0.3 is 6.18 Å². The van der Waals surface area contributed by atoms with Gasteiger partial charge in [0.15, 0.2) is 0 Å².